The van der Waals surface area contributed by atoms with Crippen LogP contribution in [0.4, 0.5) is 0 Å². The van der Waals surface area contributed by atoms with E-state index < -0.39 is 0 Å². The van der Waals surface area contributed by atoms with Gasteiger partial charge in [0.2, 0.25) is 0 Å². The first-order chi connectivity index (χ1) is 14.0. The van der Waals surface area contributed by atoms with E-state index in [2.05, 4.69) is 71.5 Å². The molecule has 0 heterocycles. The Hall–Kier alpha value is -3.42. The van der Waals surface area contributed by atoms with Gasteiger partial charge < -0.3 is 0 Å². The van der Waals surface area contributed by atoms with Crippen LogP contribution in [0.25, 0.3) is 6.08 Å². The third kappa shape index (κ3) is 79.2. The Morgan fingerprint density at radius 2 is 0.793 bits per heavy atom. The van der Waals surface area contributed by atoms with Crippen LogP contribution in [-0.4, -0.2) is 10.2 Å². The van der Waals surface area contributed by atoms with E-state index in [1.807, 2.05) is 42.5 Å². The topological polar surface area (TPSA) is 0 Å². The Kier molecular flexibility index (Phi) is 62.6. The highest BCUT2D eigenvalue weighted by molar-refractivity contribution is 6.17. The summed E-state index contributed by atoms with van der Waals surface area (Å²) in [5.74, 6) is 0. The van der Waals surface area contributed by atoms with Crippen LogP contribution in [0.2, 0.25) is 0 Å². The van der Waals surface area contributed by atoms with Crippen molar-refractivity contribution in [3.05, 3.63) is 168 Å². The SMILES string of the molecule is C=CC=C.C=CC=C.C=CC=C.C=CC=C.C=CC=C[SiH3].C=Cc1ccccc1. The first-order valence-corrected chi connectivity index (χ1v) is 10.0. The average Bonchev–Trinajstić information content (AvgIpc) is 2.81. The molecule has 156 valence electrons. The van der Waals surface area contributed by atoms with E-state index in [-0.39, 0.29) is 0 Å². The highest BCUT2D eigenvalue weighted by Crippen LogP contribution is 1.97. The first-order valence-electron chi connectivity index (χ1n) is 8.86. The summed E-state index contributed by atoms with van der Waals surface area (Å²) in [4.78, 5) is 0. The Balaban J connectivity index is -0.0000000822. The minimum absolute atomic E-state index is 1.15. The summed E-state index contributed by atoms with van der Waals surface area (Å²) in [5.41, 5.74) is 3.25. The Bertz CT molecular complexity index is 500. The fourth-order valence-corrected chi connectivity index (χ4v) is 0.997. The molecule has 1 heteroatoms. The lowest BCUT2D eigenvalue weighted by Gasteiger charge is -1.85. The molecule has 0 aliphatic carbocycles. The van der Waals surface area contributed by atoms with Gasteiger partial charge in [-0.2, -0.15) is 0 Å². The van der Waals surface area contributed by atoms with E-state index in [0.29, 0.717) is 0 Å². The maximum Gasteiger partial charge on any atom is 0.0291 e. The Morgan fingerprint density at radius 3 is 0.897 bits per heavy atom. The first kappa shape index (κ1) is 36.5. The number of benzene rings is 1. The molecule has 0 nitrogen and oxygen atoms in total. The third-order valence-corrected chi connectivity index (χ3v) is 2.42. The zero-order valence-electron chi connectivity index (χ0n) is 18.4. The Labute approximate surface area is 184 Å². The van der Waals surface area contributed by atoms with Gasteiger partial charge in [0.15, 0.2) is 0 Å². The van der Waals surface area contributed by atoms with Crippen molar-refractivity contribution in [3.8, 4) is 0 Å². The molecule has 1 aromatic carbocycles. The van der Waals surface area contributed by atoms with Crippen LogP contribution >= 0.6 is 0 Å². The predicted molar refractivity (Wildman–Crippen MR) is 147 cm³/mol. The van der Waals surface area contributed by atoms with E-state index in [1.54, 1.807) is 54.7 Å². The summed E-state index contributed by atoms with van der Waals surface area (Å²) in [6.45, 7) is 34.0. The molecule has 0 saturated carbocycles. The molecule has 0 fully saturated rings. The van der Waals surface area contributed by atoms with Gasteiger partial charge in [-0.3, -0.25) is 0 Å². The van der Waals surface area contributed by atoms with Crippen molar-refractivity contribution in [1.82, 2.24) is 0 Å². The van der Waals surface area contributed by atoms with Crippen molar-refractivity contribution < 1.29 is 0 Å². The molecule has 0 saturated heterocycles. The molecule has 0 unspecified atom stereocenters. The summed E-state index contributed by atoms with van der Waals surface area (Å²) in [5, 5.41) is 0. The molecule has 29 heavy (non-hydrogen) atoms. The Morgan fingerprint density at radius 1 is 0.483 bits per heavy atom. The predicted octanol–water partition coefficient (Wildman–Crippen LogP) is 7.81. The van der Waals surface area contributed by atoms with Crippen LogP contribution in [0.3, 0.4) is 0 Å². The zero-order valence-corrected chi connectivity index (χ0v) is 20.4. The third-order valence-electron chi connectivity index (χ3n) is 2.03. The van der Waals surface area contributed by atoms with Crippen molar-refractivity contribution in [2.75, 3.05) is 0 Å². The molecule has 0 aliphatic heterocycles. The van der Waals surface area contributed by atoms with Crippen molar-refractivity contribution in [3.63, 3.8) is 0 Å². The van der Waals surface area contributed by atoms with E-state index in [1.165, 1.54) is 5.56 Å². The van der Waals surface area contributed by atoms with Crippen LogP contribution in [0.1, 0.15) is 5.56 Å². The van der Waals surface area contributed by atoms with Crippen LogP contribution in [0.15, 0.2) is 163 Å². The van der Waals surface area contributed by atoms with Gasteiger partial charge in [0, 0.05) is 10.2 Å². The molecule has 0 atom stereocenters. The van der Waals surface area contributed by atoms with Crippen LogP contribution < -0.4 is 0 Å². The quantitative estimate of drug-likeness (QED) is 0.335. The van der Waals surface area contributed by atoms with Crippen LogP contribution in [0, 0.1) is 0 Å². The van der Waals surface area contributed by atoms with E-state index >= 15 is 0 Å². The molecule has 1 aromatic rings. The molecule has 0 radical (unpaired) electrons. The molecule has 0 amide bonds. The molecular formula is C28H40Si. The summed E-state index contributed by atoms with van der Waals surface area (Å²) < 4.78 is 0. The van der Waals surface area contributed by atoms with Gasteiger partial charge in [-0.05, 0) is 5.56 Å². The maximum absolute atomic E-state index is 3.63. The molecule has 1 rings (SSSR count). The van der Waals surface area contributed by atoms with Crippen molar-refractivity contribution in [2.24, 2.45) is 0 Å². The average molecular weight is 405 g/mol. The number of hydrogen-bond donors (Lipinski definition) is 0. The fraction of sp³-hybridized carbons (Fsp3) is 0. The lowest BCUT2D eigenvalue weighted by atomic mass is 10.2. The van der Waals surface area contributed by atoms with Crippen molar-refractivity contribution in [1.29, 1.82) is 0 Å². The van der Waals surface area contributed by atoms with Crippen molar-refractivity contribution >= 4 is 16.3 Å². The number of allylic oxidation sites excluding steroid dienone is 10. The molecule has 0 aliphatic rings. The summed E-state index contributed by atoms with van der Waals surface area (Å²) in [6, 6.07) is 10.0. The molecular weight excluding hydrogens is 364 g/mol. The minimum Gasteiger partial charge on any atom is -0.105 e. The number of rotatable bonds is 6. The van der Waals surface area contributed by atoms with Gasteiger partial charge in [-0.15, -0.1) is 5.70 Å². The lowest BCUT2D eigenvalue weighted by molar-refractivity contribution is 1.67. The molecule has 0 bridgehead atoms. The molecule has 0 aromatic heterocycles. The summed E-state index contributed by atoms with van der Waals surface area (Å²) in [7, 11) is 1.15. The highest BCUT2D eigenvalue weighted by Gasteiger charge is 1.75. The van der Waals surface area contributed by atoms with Gasteiger partial charge in [0.1, 0.15) is 0 Å². The second kappa shape index (κ2) is 49.7. The largest absolute Gasteiger partial charge is 0.105 e. The lowest BCUT2D eigenvalue weighted by Crippen LogP contribution is -1.63. The van der Waals surface area contributed by atoms with Crippen LogP contribution in [-0.2, 0) is 0 Å². The second-order valence-corrected chi connectivity index (χ2v) is 4.93. The number of hydrogen-bond acceptors (Lipinski definition) is 0. The zero-order chi connectivity index (χ0) is 23.6. The second-order valence-electron chi connectivity index (χ2n) is 4.26. The normalized spacial score (nSPS) is 6.76. The van der Waals surface area contributed by atoms with Gasteiger partial charge in [0.25, 0.3) is 0 Å². The van der Waals surface area contributed by atoms with Gasteiger partial charge in [-0.1, -0.05) is 163 Å². The van der Waals surface area contributed by atoms with Crippen molar-refractivity contribution in [2.45, 2.75) is 0 Å². The monoisotopic (exact) mass is 404 g/mol. The standard InChI is InChI=1S/C8H8.C4H8Si.4C4H6/c1-2-8-6-4-3-5-7-8;1-2-3-4-5;4*1-3-4-2/h2-7H,1H2;2-4H,1H2,5H3;4*3-4H,1-2H2. The molecule has 0 N–H and O–H groups in total. The molecule has 0 spiro atoms. The summed E-state index contributed by atoms with van der Waals surface area (Å²) >= 11 is 0. The smallest absolute Gasteiger partial charge is 0.0291 e. The van der Waals surface area contributed by atoms with Gasteiger partial charge in [-0.25, -0.2) is 0 Å². The van der Waals surface area contributed by atoms with Crippen LogP contribution in [0.5, 0.6) is 0 Å². The van der Waals surface area contributed by atoms with Gasteiger partial charge in [0.05, 0.1) is 0 Å². The van der Waals surface area contributed by atoms with Gasteiger partial charge >= 0.3 is 0 Å². The van der Waals surface area contributed by atoms with E-state index in [9.17, 15) is 0 Å². The summed E-state index contributed by atoms with van der Waals surface area (Å²) in [6.07, 6.45) is 18.7. The highest BCUT2D eigenvalue weighted by atomic mass is 28.1. The minimum atomic E-state index is 1.15. The van der Waals surface area contributed by atoms with E-state index in [0.717, 1.165) is 10.2 Å². The fourth-order valence-electron chi connectivity index (χ4n) is 0.725. The maximum atomic E-state index is 3.63. The van der Waals surface area contributed by atoms with E-state index in [4.69, 9.17) is 0 Å².